The lowest BCUT2D eigenvalue weighted by atomic mass is 10.2. The number of nitrogens with one attached hydrogen (secondary N) is 1. The third kappa shape index (κ3) is 1.11. The molecule has 4 rings (SSSR count). The molecule has 0 spiro atoms. The number of fused-ring (bicyclic) bond motifs is 5. The third-order valence-corrected chi connectivity index (χ3v) is 3.66. The van der Waals surface area contributed by atoms with Gasteiger partial charge in [-0.1, -0.05) is 18.2 Å². The molecule has 0 saturated heterocycles. The zero-order valence-corrected chi connectivity index (χ0v) is 10.4. The molecule has 3 heterocycles. The van der Waals surface area contributed by atoms with E-state index in [1.807, 2.05) is 6.07 Å². The minimum atomic E-state index is 1.00. The van der Waals surface area contributed by atoms with Crippen LogP contribution in [0.5, 0.6) is 0 Å². The maximum absolute atomic E-state index is 4.74. The second-order valence-corrected chi connectivity index (χ2v) is 4.85. The summed E-state index contributed by atoms with van der Waals surface area (Å²) in [5.74, 6) is 0. The fourth-order valence-electron chi connectivity index (χ4n) is 2.52. The predicted octanol–water partition coefficient (Wildman–Crippen LogP) is 3.59. The third-order valence-electron chi connectivity index (χ3n) is 3.66. The van der Waals surface area contributed by atoms with Crippen LogP contribution in [0.2, 0.25) is 0 Å². The van der Waals surface area contributed by atoms with Crippen LogP contribution in [0, 0.1) is 13.8 Å². The zero-order chi connectivity index (χ0) is 12.3. The van der Waals surface area contributed by atoms with Gasteiger partial charge in [-0.3, -0.25) is 4.40 Å². The summed E-state index contributed by atoms with van der Waals surface area (Å²) in [7, 11) is 0. The van der Waals surface area contributed by atoms with Crippen LogP contribution in [0.15, 0.2) is 36.5 Å². The van der Waals surface area contributed by atoms with Crippen LogP contribution in [0.25, 0.3) is 27.7 Å². The van der Waals surface area contributed by atoms with Gasteiger partial charge in [-0.15, -0.1) is 0 Å². The van der Waals surface area contributed by atoms with Gasteiger partial charge in [0.25, 0.3) is 0 Å². The molecule has 3 heteroatoms. The van der Waals surface area contributed by atoms with E-state index in [1.165, 1.54) is 16.5 Å². The number of hydrogen-bond donors (Lipinski definition) is 1. The summed E-state index contributed by atoms with van der Waals surface area (Å²) in [6.45, 7) is 4.25. The van der Waals surface area contributed by atoms with Gasteiger partial charge in [-0.2, -0.15) is 0 Å². The molecule has 1 N–H and O–H groups in total. The number of para-hydroxylation sites is 1. The molecule has 0 saturated carbocycles. The molecule has 0 aliphatic rings. The van der Waals surface area contributed by atoms with Crippen LogP contribution in [-0.2, 0) is 0 Å². The Kier molecular flexibility index (Phi) is 1.69. The molecule has 0 amide bonds. The summed E-state index contributed by atoms with van der Waals surface area (Å²) in [6.07, 6.45) is 2.15. The van der Waals surface area contributed by atoms with E-state index in [1.54, 1.807) is 0 Å². The molecule has 3 aromatic heterocycles. The second kappa shape index (κ2) is 3.13. The molecule has 0 unspecified atom stereocenters. The van der Waals surface area contributed by atoms with E-state index in [0.717, 1.165) is 22.3 Å². The van der Waals surface area contributed by atoms with Crippen molar-refractivity contribution >= 4 is 27.7 Å². The predicted molar refractivity (Wildman–Crippen MR) is 74.0 cm³/mol. The van der Waals surface area contributed by atoms with Crippen LogP contribution in [0.3, 0.4) is 0 Å². The largest absolute Gasteiger partial charge is 0.339 e. The minimum Gasteiger partial charge on any atom is -0.339 e. The van der Waals surface area contributed by atoms with Gasteiger partial charge < -0.3 is 4.98 Å². The van der Waals surface area contributed by atoms with Crippen molar-refractivity contribution in [3.63, 3.8) is 0 Å². The number of aromatic amines is 1. The second-order valence-electron chi connectivity index (χ2n) is 4.85. The summed E-state index contributed by atoms with van der Waals surface area (Å²) in [4.78, 5) is 8.19. The first-order chi connectivity index (χ1) is 8.74. The molecule has 4 aromatic rings. The van der Waals surface area contributed by atoms with Gasteiger partial charge >= 0.3 is 0 Å². The topological polar surface area (TPSA) is 33.1 Å². The Labute approximate surface area is 104 Å². The summed E-state index contributed by atoms with van der Waals surface area (Å²) in [6, 6.07) is 10.4. The first kappa shape index (κ1) is 9.71. The standard InChI is InChI=1S/C15H13N3/c1-9-7-13-17-14-11-5-3-4-6-12(11)16-15(14)18(13)8-10(9)2/h3-8,16H,1-2H3. The Morgan fingerprint density at radius 1 is 1.11 bits per heavy atom. The fourth-order valence-corrected chi connectivity index (χ4v) is 2.52. The Morgan fingerprint density at radius 2 is 1.94 bits per heavy atom. The molecule has 0 bridgehead atoms. The van der Waals surface area contributed by atoms with Gasteiger partial charge in [0, 0.05) is 17.1 Å². The number of pyridine rings is 1. The summed E-state index contributed by atoms with van der Waals surface area (Å²) >= 11 is 0. The molecule has 0 atom stereocenters. The smallest absolute Gasteiger partial charge is 0.143 e. The number of aromatic nitrogens is 3. The van der Waals surface area contributed by atoms with Gasteiger partial charge in [0.05, 0.1) is 0 Å². The van der Waals surface area contributed by atoms with Crippen molar-refractivity contribution in [3.8, 4) is 0 Å². The van der Waals surface area contributed by atoms with E-state index in [-0.39, 0.29) is 0 Å². The first-order valence-corrected chi connectivity index (χ1v) is 6.10. The van der Waals surface area contributed by atoms with Crippen LogP contribution in [-0.4, -0.2) is 14.4 Å². The van der Waals surface area contributed by atoms with E-state index < -0.39 is 0 Å². The number of H-pyrrole nitrogens is 1. The van der Waals surface area contributed by atoms with Crippen molar-refractivity contribution in [3.05, 3.63) is 47.7 Å². The normalized spacial score (nSPS) is 11.9. The van der Waals surface area contributed by atoms with Crippen molar-refractivity contribution < 1.29 is 0 Å². The van der Waals surface area contributed by atoms with Gasteiger partial charge in [0.1, 0.15) is 16.8 Å². The Morgan fingerprint density at radius 3 is 2.83 bits per heavy atom. The zero-order valence-electron chi connectivity index (χ0n) is 10.4. The lowest BCUT2D eigenvalue weighted by Crippen LogP contribution is -1.90. The van der Waals surface area contributed by atoms with Gasteiger partial charge in [0.2, 0.25) is 0 Å². The Hall–Kier alpha value is -2.29. The number of nitrogens with zero attached hydrogens (tertiary/aromatic N) is 2. The number of benzene rings is 1. The molecule has 0 radical (unpaired) electrons. The molecule has 18 heavy (non-hydrogen) atoms. The van der Waals surface area contributed by atoms with Gasteiger partial charge in [0.15, 0.2) is 0 Å². The van der Waals surface area contributed by atoms with Crippen molar-refractivity contribution in [2.75, 3.05) is 0 Å². The number of aryl methyl sites for hydroxylation is 2. The molecule has 3 nitrogen and oxygen atoms in total. The average molecular weight is 235 g/mol. The van der Waals surface area contributed by atoms with Crippen LogP contribution >= 0.6 is 0 Å². The maximum Gasteiger partial charge on any atom is 0.143 e. The minimum absolute atomic E-state index is 1.00. The van der Waals surface area contributed by atoms with Crippen LogP contribution in [0.4, 0.5) is 0 Å². The highest BCUT2D eigenvalue weighted by Crippen LogP contribution is 2.26. The molecule has 88 valence electrons. The van der Waals surface area contributed by atoms with Crippen molar-refractivity contribution in [2.45, 2.75) is 13.8 Å². The summed E-state index contributed by atoms with van der Waals surface area (Å²) in [5.41, 5.74) is 6.83. The van der Waals surface area contributed by atoms with Gasteiger partial charge in [-0.05, 0) is 37.1 Å². The monoisotopic (exact) mass is 235 g/mol. The lowest BCUT2D eigenvalue weighted by Gasteiger charge is -2.01. The van der Waals surface area contributed by atoms with E-state index >= 15 is 0 Å². The molecular weight excluding hydrogens is 222 g/mol. The van der Waals surface area contributed by atoms with Crippen LogP contribution in [0.1, 0.15) is 11.1 Å². The molecular formula is C15H13N3. The SMILES string of the molecule is Cc1cc2nc3c4ccccc4[nH]c3n2cc1C. The highest BCUT2D eigenvalue weighted by atomic mass is 15.1. The summed E-state index contributed by atoms with van der Waals surface area (Å²) in [5, 5.41) is 1.19. The lowest BCUT2D eigenvalue weighted by molar-refractivity contribution is 1.14. The average Bonchev–Trinajstić information content (AvgIpc) is 2.87. The quantitative estimate of drug-likeness (QED) is 0.496. The van der Waals surface area contributed by atoms with Crippen molar-refractivity contribution in [1.29, 1.82) is 0 Å². The highest BCUT2D eigenvalue weighted by Gasteiger charge is 2.11. The van der Waals surface area contributed by atoms with E-state index in [0.29, 0.717) is 0 Å². The van der Waals surface area contributed by atoms with E-state index in [9.17, 15) is 0 Å². The molecule has 1 aromatic carbocycles. The van der Waals surface area contributed by atoms with Crippen molar-refractivity contribution in [2.24, 2.45) is 0 Å². The number of hydrogen-bond acceptors (Lipinski definition) is 1. The first-order valence-electron chi connectivity index (χ1n) is 6.10. The molecule has 0 fully saturated rings. The maximum atomic E-state index is 4.74. The highest BCUT2D eigenvalue weighted by molar-refractivity contribution is 6.05. The number of imidazole rings is 1. The molecule has 0 aliphatic carbocycles. The van der Waals surface area contributed by atoms with E-state index in [2.05, 4.69) is 53.7 Å². The molecule has 0 aliphatic heterocycles. The van der Waals surface area contributed by atoms with Gasteiger partial charge in [-0.25, -0.2) is 4.98 Å². The van der Waals surface area contributed by atoms with Crippen molar-refractivity contribution in [1.82, 2.24) is 14.4 Å². The number of rotatable bonds is 0. The Balaban J connectivity index is 2.27. The fraction of sp³-hybridized carbons (Fsp3) is 0.133. The van der Waals surface area contributed by atoms with E-state index in [4.69, 9.17) is 4.98 Å². The summed E-state index contributed by atoms with van der Waals surface area (Å²) < 4.78 is 2.14. The Bertz CT molecular complexity index is 896. The van der Waals surface area contributed by atoms with Crippen LogP contribution < -0.4 is 0 Å².